The van der Waals surface area contributed by atoms with E-state index in [9.17, 15) is 14.4 Å². The smallest absolute Gasteiger partial charge is 0.339 e. The summed E-state index contributed by atoms with van der Waals surface area (Å²) in [6, 6.07) is 14.4. The molecule has 0 spiro atoms. The second kappa shape index (κ2) is 8.18. The maximum absolute atomic E-state index is 12.8. The molecule has 1 fully saturated rings. The van der Waals surface area contributed by atoms with E-state index in [1.54, 1.807) is 24.0 Å². The van der Waals surface area contributed by atoms with Crippen molar-refractivity contribution in [1.29, 1.82) is 0 Å². The Morgan fingerprint density at radius 2 is 1.87 bits per heavy atom. The Hall–Kier alpha value is -3.35. The highest BCUT2D eigenvalue weighted by atomic mass is 16.6. The highest BCUT2D eigenvalue weighted by molar-refractivity contribution is 5.97. The minimum atomic E-state index is -1.26. The minimum absolute atomic E-state index is 0.103. The molecule has 1 saturated heterocycles. The molecule has 0 radical (unpaired) electrons. The van der Waals surface area contributed by atoms with E-state index in [4.69, 9.17) is 4.74 Å². The molecular weight excluding hydrogens is 382 g/mol. The fourth-order valence-electron chi connectivity index (χ4n) is 3.91. The van der Waals surface area contributed by atoms with Crippen LogP contribution in [0.3, 0.4) is 0 Å². The first kappa shape index (κ1) is 19.9. The van der Waals surface area contributed by atoms with Gasteiger partial charge in [-0.15, -0.1) is 0 Å². The number of ether oxygens (including phenoxy) is 1. The van der Waals surface area contributed by atoms with Gasteiger partial charge < -0.3 is 20.3 Å². The Morgan fingerprint density at radius 1 is 1.10 bits per heavy atom. The molecule has 1 unspecified atom stereocenters. The van der Waals surface area contributed by atoms with Crippen LogP contribution in [0.1, 0.15) is 41.3 Å². The highest BCUT2D eigenvalue weighted by Gasteiger charge is 2.42. The molecule has 0 aliphatic carbocycles. The minimum Gasteiger partial charge on any atom is -0.445 e. The van der Waals surface area contributed by atoms with E-state index in [1.165, 1.54) is 0 Å². The lowest BCUT2D eigenvalue weighted by atomic mass is 9.89. The number of nitrogens with zero attached hydrogens (tertiary/aromatic N) is 1. The van der Waals surface area contributed by atoms with E-state index in [1.807, 2.05) is 36.4 Å². The maximum atomic E-state index is 12.8. The number of hydrogen-bond donors (Lipinski definition) is 2. The van der Waals surface area contributed by atoms with Crippen molar-refractivity contribution in [2.24, 2.45) is 0 Å². The molecule has 2 aliphatic heterocycles. The molecule has 4 rings (SSSR count). The largest absolute Gasteiger partial charge is 0.445 e. The normalized spacial score (nSPS) is 20.3. The number of anilines is 1. The van der Waals surface area contributed by atoms with Crippen molar-refractivity contribution in [1.82, 2.24) is 10.2 Å². The van der Waals surface area contributed by atoms with Crippen LogP contribution in [-0.2, 0) is 22.5 Å². The van der Waals surface area contributed by atoms with Crippen LogP contribution in [0, 0.1) is 0 Å². The van der Waals surface area contributed by atoms with Gasteiger partial charge in [0.25, 0.3) is 5.91 Å². The van der Waals surface area contributed by atoms with Crippen LogP contribution in [0.15, 0.2) is 48.5 Å². The Balaban J connectivity index is 1.38. The van der Waals surface area contributed by atoms with E-state index >= 15 is 0 Å². The molecule has 1 atom stereocenters. The number of fused-ring (bicyclic) bond motifs is 1. The second-order valence-corrected chi connectivity index (χ2v) is 7.96. The monoisotopic (exact) mass is 407 g/mol. The van der Waals surface area contributed by atoms with Gasteiger partial charge in [-0.1, -0.05) is 30.3 Å². The van der Waals surface area contributed by atoms with Crippen molar-refractivity contribution in [3.8, 4) is 0 Å². The molecule has 0 saturated carbocycles. The van der Waals surface area contributed by atoms with Crippen molar-refractivity contribution in [3.63, 3.8) is 0 Å². The molecule has 2 aliphatic rings. The number of hydrogen-bond acceptors (Lipinski definition) is 4. The van der Waals surface area contributed by atoms with Crippen LogP contribution < -0.4 is 10.6 Å². The predicted molar refractivity (Wildman–Crippen MR) is 112 cm³/mol. The average molecular weight is 407 g/mol. The molecule has 2 aromatic carbocycles. The summed E-state index contributed by atoms with van der Waals surface area (Å²) in [6.07, 6.45) is 2.40. The van der Waals surface area contributed by atoms with Crippen LogP contribution in [0.25, 0.3) is 0 Å². The summed E-state index contributed by atoms with van der Waals surface area (Å²) < 4.78 is 5.47. The van der Waals surface area contributed by atoms with E-state index in [2.05, 4.69) is 10.6 Å². The molecule has 2 heterocycles. The molecule has 0 bridgehead atoms. The lowest BCUT2D eigenvalue weighted by Crippen LogP contribution is -2.51. The lowest BCUT2D eigenvalue weighted by Gasteiger charge is -2.33. The zero-order valence-corrected chi connectivity index (χ0v) is 16.9. The zero-order chi connectivity index (χ0) is 21.1. The number of carbonyl (C=O) groups excluding carboxylic acids is 3. The molecule has 7 nitrogen and oxygen atoms in total. The van der Waals surface area contributed by atoms with Crippen LogP contribution >= 0.6 is 0 Å². The third-order valence-electron chi connectivity index (χ3n) is 5.59. The van der Waals surface area contributed by atoms with Gasteiger partial charge in [-0.2, -0.15) is 0 Å². The van der Waals surface area contributed by atoms with Crippen molar-refractivity contribution in [2.45, 2.75) is 38.3 Å². The number of benzene rings is 2. The molecule has 2 N–H and O–H groups in total. The van der Waals surface area contributed by atoms with Gasteiger partial charge in [0.15, 0.2) is 5.60 Å². The molecule has 30 heavy (non-hydrogen) atoms. The van der Waals surface area contributed by atoms with Gasteiger partial charge >= 0.3 is 12.0 Å². The maximum Gasteiger partial charge on any atom is 0.339 e. The van der Waals surface area contributed by atoms with E-state index in [-0.39, 0.29) is 18.5 Å². The number of urea groups is 1. The molecule has 0 aromatic heterocycles. The van der Waals surface area contributed by atoms with Gasteiger partial charge in [-0.05, 0) is 49.1 Å². The Kier molecular flexibility index (Phi) is 5.44. The van der Waals surface area contributed by atoms with Gasteiger partial charge in [0, 0.05) is 31.7 Å². The molecule has 156 valence electrons. The third kappa shape index (κ3) is 4.15. The van der Waals surface area contributed by atoms with Crippen molar-refractivity contribution >= 4 is 23.6 Å². The Morgan fingerprint density at radius 3 is 2.67 bits per heavy atom. The van der Waals surface area contributed by atoms with Gasteiger partial charge in [0.1, 0.15) is 0 Å². The average Bonchev–Trinajstić information content (AvgIpc) is 3.27. The summed E-state index contributed by atoms with van der Waals surface area (Å²) in [7, 11) is 0. The van der Waals surface area contributed by atoms with E-state index in [0.29, 0.717) is 17.7 Å². The standard InChI is InChI=1S/C23H25N3O4/c1-23(14-17-8-2-3-10-19(17)20(27)30-23)21(28)24-15-16-7-6-9-18(13-16)25-22(29)26-11-4-5-12-26/h2-3,6-10,13H,4-5,11-12,14-15H2,1H3,(H,24,28)(H,25,29). The van der Waals surface area contributed by atoms with E-state index < -0.39 is 11.6 Å². The number of esters is 1. The Bertz CT molecular complexity index is 984. The first-order valence-electron chi connectivity index (χ1n) is 10.2. The van der Waals surface area contributed by atoms with E-state index in [0.717, 1.165) is 37.1 Å². The van der Waals surface area contributed by atoms with Gasteiger partial charge in [-0.3, -0.25) is 4.79 Å². The molecule has 2 aromatic rings. The van der Waals surface area contributed by atoms with Crippen LogP contribution in [0.4, 0.5) is 10.5 Å². The van der Waals surface area contributed by atoms with Crippen LogP contribution in [0.5, 0.6) is 0 Å². The number of likely N-dealkylation sites (tertiary alicyclic amines) is 1. The summed E-state index contributed by atoms with van der Waals surface area (Å²) in [6.45, 7) is 3.45. The molecular formula is C23H25N3O4. The first-order valence-corrected chi connectivity index (χ1v) is 10.2. The Labute approximate surface area is 175 Å². The van der Waals surface area contributed by atoms with Crippen molar-refractivity contribution in [3.05, 3.63) is 65.2 Å². The summed E-state index contributed by atoms with van der Waals surface area (Å²) >= 11 is 0. The third-order valence-corrected chi connectivity index (χ3v) is 5.59. The van der Waals surface area contributed by atoms with Crippen LogP contribution in [0.2, 0.25) is 0 Å². The fraction of sp³-hybridized carbons (Fsp3) is 0.348. The summed E-state index contributed by atoms with van der Waals surface area (Å²) in [4.78, 5) is 39.2. The first-order chi connectivity index (χ1) is 14.4. The predicted octanol–water partition coefficient (Wildman–Crippen LogP) is 3.10. The molecule has 7 heteroatoms. The summed E-state index contributed by atoms with van der Waals surface area (Å²) in [5, 5.41) is 5.76. The number of cyclic esters (lactones) is 1. The number of rotatable bonds is 4. The summed E-state index contributed by atoms with van der Waals surface area (Å²) in [5.74, 6) is -0.835. The zero-order valence-electron chi connectivity index (χ0n) is 16.9. The van der Waals surface area contributed by atoms with Crippen LogP contribution in [-0.4, -0.2) is 41.5 Å². The van der Waals surface area contributed by atoms with Crippen molar-refractivity contribution in [2.75, 3.05) is 18.4 Å². The van der Waals surface area contributed by atoms with Gasteiger partial charge in [0.05, 0.1) is 5.56 Å². The number of carbonyl (C=O) groups is 3. The number of amides is 3. The highest BCUT2D eigenvalue weighted by Crippen LogP contribution is 2.28. The number of nitrogens with one attached hydrogen (secondary N) is 2. The second-order valence-electron chi connectivity index (χ2n) is 7.96. The molecule has 3 amide bonds. The SMILES string of the molecule is CC1(C(=O)NCc2cccc(NC(=O)N3CCCC3)c2)Cc2ccccc2C(=O)O1. The van der Waals surface area contributed by atoms with Crippen molar-refractivity contribution < 1.29 is 19.1 Å². The topological polar surface area (TPSA) is 87.7 Å². The quantitative estimate of drug-likeness (QED) is 0.763. The van der Waals surface area contributed by atoms with Gasteiger partial charge in [-0.25, -0.2) is 9.59 Å². The van der Waals surface area contributed by atoms with Gasteiger partial charge in [0.2, 0.25) is 0 Å². The summed E-state index contributed by atoms with van der Waals surface area (Å²) in [5.41, 5.74) is 1.58. The lowest BCUT2D eigenvalue weighted by molar-refractivity contribution is -0.139. The fourth-order valence-corrected chi connectivity index (χ4v) is 3.91.